The summed E-state index contributed by atoms with van der Waals surface area (Å²) < 4.78 is 27.7. The van der Waals surface area contributed by atoms with Crippen molar-refractivity contribution in [3.8, 4) is 11.8 Å². The molecule has 1 N–H and O–H groups in total. The second kappa shape index (κ2) is 11.6. The molecule has 2 amide bonds. The van der Waals surface area contributed by atoms with Gasteiger partial charge in [-0.05, 0) is 74.0 Å². The van der Waals surface area contributed by atoms with Gasteiger partial charge in [0.1, 0.15) is 29.3 Å². The molecule has 2 aromatic heterocycles. The molecule has 0 aliphatic heterocycles. The van der Waals surface area contributed by atoms with Crippen LogP contribution in [-0.4, -0.2) is 44.3 Å². The van der Waals surface area contributed by atoms with E-state index in [0.717, 1.165) is 0 Å². The number of nitriles is 1. The highest BCUT2D eigenvalue weighted by atomic mass is 79.9. The van der Waals surface area contributed by atoms with Crippen molar-refractivity contribution >= 4 is 33.7 Å². The standard InChI is InChI=1S/C26H28BrFN6O4/c1-15(37-22-9-16(27)13-30-23(22)31-25(36)38-26(2,3)4)21-10-17(28)7-8-20(21)24(35)33(5)14-18-11-19(12-29)34(6)32-18/h7-11,13,15H,14H2,1-6H3,(H,30,31,36)/t15-/m1/s1. The zero-order valence-electron chi connectivity index (χ0n) is 21.9. The average molecular weight is 587 g/mol. The van der Waals surface area contributed by atoms with Crippen LogP contribution in [0.25, 0.3) is 0 Å². The van der Waals surface area contributed by atoms with Gasteiger partial charge in [-0.25, -0.2) is 14.2 Å². The molecule has 1 atom stereocenters. The topological polar surface area (TPSA) is 122 Å². The normalized spacial score (nSPS) is 11.9. The van der Waals surface area contributed by atoms with Gasteiger partial charge in [-0.2, -0.15) is 10.4 Å². The van der Waals surface area contributed by atoms with Crippen LogP contribution in [0.4, 0.5) is 15.0 Å². The molecule has 3 rings (SSSR count). The van der Waals surface area contributed by atoms with E-state index in [4.69, 9.17) is 14.7 Å². The van der Waals surface area contributed by atoms with Gasteiger partial charge in [0.05, 0.1) is 12.2 Å². The number of anilines is 1. The molecule has 0 saturated heterocycles. The molecule has 2 heterocycles. The smallest absolute Gasteiger partial charge is 0.413 e. The van der Waals surface area contributed by atoms with Crippen molar-refractivity contribution in [1.29, 1.82) is 5.26 Å². The molecule has 0 unspecified atom stereocenters. The molecule has 0 fully saturated rings. The lowest BCUT2D eigenvalue weighted by molar-refractivity contribution is 0.0633. The van der Waals surface area contributed by atoms with Crippen LogP contribution in [0.2, 0.25) is 0 Å². The molecule has 3 aromatic rings. The lowest BCUT2D eigenvalue weighted by Gasteiger charge is -2.23. The van der Waals surface area contributed by atoms with Gasteiger partial charge in [0.2, 0.25) is 0 Å². The molecule has 0 spiro atoms. The highest BCUT2D eigenvalue weighted by Gasteiger charge is 2.24. The first-order valence-corrected chi connectivity index (χ1v) is 12.4. The summed E-state index contributed by atoms with van der Waals surface area (Å²) in [6.07, 6.45) is -0.0541. The molecule has 12 heteroatoms. The lowest BCUT2D eigenvalue weighted by Crippen LogP contribution is -2.28. The van der Waals surface area contributed by atoms with Crippen LogP contribution in [0, 0.1) is 17.1 Å². The minimum Gasteiger partial charge on any atom is -0.482 e. The summed E-state index contributed by atoms with van der Waals surface area (Å²) >= 11 is 3.33. The van der Waals surface area contributed by atoms with Crippen LogP contribution in [-0.2, 0) is 18.3 Å². The van der Waals surface area contributed by atoms with E-state index < -0.39 is 23.6 Å². The van der Waals surface area contributed by atoms with Crippen molar-refractivity contribution in [3.63, 3.8) is 0 Å². The Morgan fingerprint density at radius 1 is 1.29 bits per heavy atom. The minimum absolute atomic E-state index is 0.0964. The largest absolute Gasteiger partial charge is 0.482 e. The number of nitrogens with zero attached hydrogens (tertiary/aromatic N) is 5. The van der Waals surface area contributed by atoms with Crippen molar-refractivity contribution in [2.24, 2.45) is 7.05 Å². The first kappa shape index (κ1) is 28.6. The molecule has 1 aromatic carbocycles. The van der Waals surface area contributed by atoms with E-state index in [9.17, 15) is 14.0 Å². The van der Waals surface area contributed by atoms with Gasteiger partial charge < -0.3 is 14.4 Å². The average Bonchev–Trinajstić information content (AvgIpc) is 3.17. The van der Waals surface area contributed by atoms with Crippen LogP contribution < -0.4 is 10.1 Å². The second-order valence-electron chi connectivity index (χ2n) is 9.54. The number of pyridine rings is 1. The number of amides is 2. The fourth-order valence-corrected chi connectivity index (χ4v) is 3.86. The molecular weight excluding hydrogens is 559 g/mol. The summed E-state index contributed by atoms with van der Waals surface area (Å²) in [5.41, 5.74) is 0.697. The van der Waals surface area contributed by atoms with Crippen molar-refractivity contribution < 1.29 is 23.5 Å². The number of halogens is 2. The highest BCUT2D eigenvalue weighted by molar-refractivity contribution is 9.10. The summed E-state index contributed by atoms with van der Waals surface area (Å²) in [5.74, 6) is -0.651. The Morgan fingerprint density at radius 3 is 2.63 bits per heavy atom. The third-order valence-corrected chi connectivity index (χ3v) is 5.65. The molecule has 0 aliphatic carbocycles. The van der Waals surface area contributed by atoms with E-state index in [-0.39, 0.29) is 29.6 Å². The third-order valence-electron chi connectivity index (χ3n) is 5.22. The number of carbonyl (C=O) groups is 2. The number of nitrogens with one attached hydrogen (secondary N) is 1. The summed E-state index contributed by atoms with van der Waals surface area (Å²) in [6.45, 7) is 6.99. The molecule has 0 saturated carbocycles. The molecular formula is C26H28BrFN6O4. The fraction of sp³-hybridized carbons (Fsp3) is 0.346. The van der Waals surface area contributed by atoms with Crippen LogP contribution in [0.1, 0.15) is 61.1 Å². The van der Waals surface area contributed by atoms with E-state index in [0.29, 0.717) is 21.4 Å². The molecule has 0 radical (unpaired) electrons. The lowest BCUT2D eigenvalue weighted by atomic mass is 10.0. The number of aromatic nitrogens is 3. The Hall–Kier alpha value is -3.98. The van der Waals surface area contributed by atoms with Crippen LogP contribution >= 0.6 is 15.9 Å². The number of benzene rings is 1. The van der Waals surface area contributed by atoms with Gasteiger partial charge in [-0.3, -0.25) is 14.8 Å². The van der Waals surface area contributed by atoms with E-state index in [1.165, 1.54) is 34.0 Å². The Balaban J connectivity index is 1.86. The Labute approximate surface area is 228 Å². The number of carbonyl (C=O) groups excluding carboxylic acids is 2. The van der Waals surface area contributed by atoms with Crippen LogP contribution in [0.3, 0.4) is 0 Å². The molecule has 0 bridgehead atoms. The maximum absolute atomic E-state index is 14.3. The van der Waals surface area contributed by atoms with Crippen molar-refractivity contribution in [2.45, 2.75) is 45.9 Å². The first-order chi connectivity index (χ1) is 17.8. The molecule has 200 valence electrons. The summed E-state index contributed by atoms with van der Waals surface area (Å²) in [5, 5.41) is 16.0. The fourth-order valence-electron chi connectivity index (χ4n) is 3.55. The number of rotatable bonds is 7. The van der Waals surface area contributed by atoms with Crippen LogP contribution in [0.5, 0.6) is 5.75 Å². The van der Waals surface area contributed by atoms with Gasteiger partial charge in [-0.1, -0.05) is 0 Å². The highest BCUT2D eigenvalue weighted by Crippen LogP contribution is 2.32. The van der Waals surface area contributed by atoms with E-state index >= 15 is 0 Å². The Bertz CT molecular complexity index is 1400. The van der Waals surface area contributed by atoms with Crippen molar-refractivity contribution in [3.05, 3.63) is 69.3 Å². The summed E-state index contributed by atoms with van der Waals surface area (Å²) in [7, 11) is 3.23. The predicted octanol–water partition coefficient (Wildman–Crippen LogP) is 5.35. The number of aryl methyl sites for hydroxylation is 1. The molecule has 0 aliphatic rings. The minimum atomic E-state index is -0.812. The van der Waals surface area contributed by atoms with Gasteiger partial charge in [0, 0.05) is 35.9 Å². The summed E-state index contributed by atoms with van der Waals surface area (Å²) in [6, 6.07) is 9.04. The Morgan fingerprint density at radius 2 is 2.00 bits per heavy atom. The number of ether oxygens (including phenoxy) is 2. The number of hydrogen-bond acceptors (Lipinski definition) is 7. The van der Waals surface area contributed by atoms with Gasteiger partial charge in [0.15, 0.2) is 11.6 Å². The van der Waals surface area contributed by atoms with Gasteiger partial charge in [0.25, 0.3) is 5.91 Å². The zero-order valence-corrected chi connectivity index (χ0v) is 23.5. The van der Waals surface area contributed by atoms with Gasteiger partial charge >= 0.3 is 6.09 Å². The molecule has 38 heavy (non-hydrogen) atoms. The maximum atomic E-state index is 14.3. The first-order valence-electron chi connectivity index (χ1n) is 11.6. The van der Waals surface area contributed by atoms with E-state index in [1.54, 1.807) is 53.9 Å². The monoisotopic (exact) mass is 586 g/mol. The van der Waals surface area contributed by atoms with E-state index in [2.05, 4.69) is 31.3 Å². The van der Waals surface area contributed by atoms with Crippen molar-refractivity contribution in [1.82, 2.24) is 19.7 Å². The third kappa shape index (κ3) is 7.29. The number of hydrogen-bond donors (Lipinski definition) is 1. The zero-order chi connectivity index (χ0) is 28.2. The molecule has 10 nitrogen and oxygen atoms in total. The maximum Gasteiger partial charge on any atom is 0.413 e. The second-order valence-corrected chi connectivity index (χ2v) is 10.5. The van der Waals surface area contributed by atoms with Crippen molar-refractivity contribution in [2.75, 3.05) is 12.4 Å². The quantitative estimate of drug-likeness (QED) is 0.396. The Kier molecular flexibility index (Phi) is 8.73. The SMILES string of the molecule is C[C@@H](Oc1cc(Br)cnc1NC(=O)OC(C)(C)C)c1cc(F)ccc1C(=O)N(C)Cc1cc(C#N)n(C)n1. The van der Waals surface area contributed by atoms with Crippen LogP contribution in [0.15, 0.2) is 41.0 Å². The predicted molar refractivity (Wildman–Crippen MR) is 141 cm³/mol. The van der Waals surface area contributed by atoms with E-state index in [1.807, 2.05) is 6.07 Å². The van der Waals surface area contributed by atoms with Gasteiger partial charge in [-0.15, -0.1) is 0 Å². The summed E-state index contributed by atoms with van der Waals surface area (Å²) in [4.78, 5) is 31.3.